The molecule has 0 saturated carbocycles. The second-order valence-corrected chi connectivity index (χ2v) is 7.08. The van der Waals surface area contributed by atoms with Crippen molar-refractivity contribution in [2.24, 2.45) is 5.10 Å². The van der Waals surface area contributed by atoms with Gasteiger partial charge in [0.15, 0.2) is 0 Å². The molecule has 0 aliphatic heterocycles. The summed E-state index contributed by atoms with van der Waals surface area (Å²) < 4.78 is 0.971. The first kappa shape index (κ1) is 16.2. The Bertz CT molecular complexity index is 961. The van der Waals surface area contributed by atoms with Crippen molar-refractivity contribution in [3.63, 3.8) is 0 Å². The monoisotopic (exact) mass is 360 g/mol. The van der Waals surface area contributed by atoms with Gasteiger partial charge in [0.25, 0.3) is 0 Å². The maximum absolute atomic E-state index is 11.9. The van der Waals surface area contributed by atoms with Crippen LogP contribution in [0.4, 0.5) is 10.1 Å². The van der Waals surface area contributed by atoms with Crippen molar-refractivity contribution in [2.75, 3.05) is 5.01 Å². The van der Waals surface area contributed by atoms with Crippen molar-refractivity contribution in [2.45, 2.75) is 13.8 Å². The highest BCUT2D eigenvalue weighted by molar-refractivity contribution is 7.22. The molecule has 7 nitrogen and oxygen atoms in total. The number of hydrogen-bond donors (Lipinski definition) is 0. The van der Waals surface area contributed by atoms with E-state index in [2.05, 4.69) is 10.1 Å². The van der Waals surface area contributed by atoms with E-state index >= 15 is 0 Å². The van der Waals surface area contributed by atoms with E-state index in [9.17, 15) is 14.9 Å². The average molecular weight is 360 g/mol. The summed E-state index contributed by atoms with van der Waals surface area (Å²) in [4.78, 5) is 27.2. The maximum Gasteiger partial charge on any atom is 0.324 e. The Kier molecular flexibility index (Phi) is 4.36. The number of anilines is 1. The molecule has 1 aromatic carbocycles. The van der Waals surface area contributed by atoms with Gasteiger partial charge in [-0.15, -0.1) is 0 Å². The van der Waals surface area contributed by atoms with E-state index in [1.807, 2.05) is 25.1 Å². The van der Waals surface area contributed by atoms with Gasteiger partial charge in [-0.2, -0.15) is 10.1 Å². The second-order valence-electron chi connectivity index (χ2n) is 4.98. The van der Waals surface area contributed by atoms with Gasteiger partial charge in [0, 0.05) is 13.0 Å². The van der Waals surface area contributed by atoms with Crippen molar-refractivity contribution in [3.05, 3.63) is 50.9 Å². The lowest BCUT2D eigenvalue weighted by Gasteiger charge is -2.09. The first-order valence-corrected chi connectivity index (χ1v) is 8.53. The Morgan fingerprint density at radius 3 is 2.79 bits per heavy atom. The van der Waals surface area contributed by atoms with E-state index in [-0.39, 0.29) is 10.9 Å². The fourth-order valence-corrected chi connectivity index (χ4v) is 3.75. The minimum atomic E-state index is -0.458. The molecule has 9 heteroatoms. The molecule has 24 heavy (non-hydrogen) atoms. The molecule has 1 amide bonds. The Morgan fingerprint density at radius 2 is 2.12 bits per heavy atom. The van der Waals surface area contributed by atoms with Crippen LogP contribution in [0, 0.1) is 17.0 Å². The molecule has 0 unspecified atom stereocenters. The third-order valence-corrected chi connectivity index (χ3v) is 5.07. The molecule has 0 N–H and O–H groups in total. The van der Waals surface area contributed by atoms with Crippen LogP contribution in [-0.4, -0.2) is 22.0 Å². The van der Waals surface area contributed by atoms with Crippen LogP contribution < -0.4 is 5.01 Å². The highest BCUT2D eigenvalue weighted by Crippen LogP contribution is 2.30. The zero-order chi connectivity index (χ0) is 17.3. The minimum Gasteiger partial charge on any atom is -0.273 e. The van der Waals surface area contributed by atoms with Gasteiger partial charge >= 0.3 is 5.00 Å². The molecular formula is C15H12N4O3S2. The van der Waals surface area contributed by atoms with Crippen LogP contribution in [0.25, 0.3) is 10.2 Å². The van der Waals surface area contributed by atoms with Gasteiger partial charge in [0.2, 0.25) is 11.0 Å². The van der Waals surface area contributed by atoms with E-state index < -0.39 is 4.92 Å². The number of rotatable bonds is 4. The zero-order valence-corrected chi connectivity index (χ0v) is 14.4. The predicted molar refractivity (Wildman–Crippen MR) is 96.1 cm³/mol. The number of benzene rings is 1. The van der Waals surface area contributed by atoms with Crippen LogP contribution in [0.5, 0.6) is 0 Å². The number of nitrogens with zero attached hydrogens (tertiary/aromatic N) is 4. The lowest BCUT2D eigenvalue weighted by Crippen LogP contribution is -2.22. The topological polar surface area (TPSA) is 88.7 Å². The summed E-state index contributed by atoms with van der Waals surface area (Å²) in [6.45, 7) is 3.38. The van der Waals surface area contributed by atoms with Gasteiger partial charge in [-0.05, 0) is 30.7 Å². The van der Waals surface area contributed by atoms with Crippen LogP contribution >= 0.6 is 22.7 Å². The Hall–Kier alpha value is -2.65. The second kappa shape index (κ2) is 6.46. The van der Waals surface area contributed by atoms with Crippen LogP contribution in [0.3, 0.4) is 0 Å². The predicted octanol–water partition coefficient (Wildman–Crippen LogP) is 3.96. The molecule has 0 radical (unpaired) electrons. The summed E-state index contributed by atoms with van der Waals surface area (Å²) in [5.41, 5.74) is 1.91. The number of thiazole rings is 1. The summed E-state index contributed by atoms with van der Waals surface area (Å²) in [5.74, 6) is -0.284. The molecule has 2 aromatic heterocycles. The SMILES string of the molecule is CC(=O)N(/N=C\c1ccc([N+](=O)[O-])s1)c1nc2ccc(C)cc2s1. The number of hydrogen-bond acceptors (Lipinski definition) is 7. The molecule has 3 rings (SSSR count). The van der Waals surface area contributed by atoms with Gasteiger partial charge in [-0.1, -0.05) is 28.7 Å². The summed E-state index contributed by atoms with van der Waals surface area (Å²) >= 11 is 2.36. The molecule has 0 atom stereocenters. The fraction of sp³-hybridized carbons (Fsp3) is 0.133. The summed E-state index contributed by atoms with van der Waals surface area (Å²) in [6, 6.07) is 8.85. The van der Waals surface area contributed by atoms with Crippen LogP contribution in [0.2, 0.25) is 0 Å². The van der Waals surface area contributed by atoms with Gasteiger partial charge in [-0.3, -0.25) is 14.9 Å². The molecule has 0 aliphatic rings. The van der Waals surface area contributed by atoms with Crippen LogP contribution in [0.1, 0.15) is 17.4 Å². The average Bonchev–Trinajstić information content (AvgIpc) is 3.13. The molecule has 2 heterocycles. The number of amides is 1. The Morgan fingerprint density at radius 1 is 1.33 bits per heavy atom. The number of nitro groups is 1. The third kappa shape index (κ3) is 3.31. The fourth-order valence-electron chi connectivity index (χ4n) is 2.00. The number of carbonyl (C=O) groups excluding carboxylic acids is 1. The summed E-state index contributed by atoms with van der Waals surface area (Å²) in [5, 5.41) is 16.5. The number of aromatic nitrogens is 1. The largest absolute Gasteiger partial charge is 0.324 e. The molecule has 0 saturated heterocycles. The highest BCUT2D eigenvalue weighted by atomic mass is 32.1. The molecule has 122 valence electrons. The van der Waals surface area contributed by atoms with Gasteiger partial charge in [-0.25, -0.2) is 4.98 Å². The standard InChI is InChI=1S/C15H12N4O3S2/c1-9-3-5-12-13(7-9)24-15(17-12)18(10(2)20)16-8-11-4-6-14(23-11)19(21)22/h3-8H,1-2H3/b16-8-. The highest BCUT2D eigenvalue weighted by Gasteiger charge is 2.16. The van der Waals surface area contributed by atoms with Gasteiger partial charge in [0.05, 0.1) is 26.2 Å². The molecule has 0 bridgehead atoms. The van der Waals surface area contributed by atoms with Crippen molar-refractivity contribution in [1.29, 1.82) is 0 Å². The number of fused-ring (bicyclic) bond motifs is 1. The molecular weight excluding hydrogens is 348 g/mol. The number of thiophene rings is 1. The van der Waals surface area contributed by atoms with Crippen molar-refractivity contribution in [1.82, 2.24) is 4.98 Å². The van der Waals surface area contributed by atoms with E-state index in [1.165, 1.54) is 35.6 Å². The van der Waals surface area contributed by atoms with Crippen molar-refractivity contribution in [3.8, 4) is 0 Å². The number of hydrazone groups is 1. The lowest BCUT2D eigenvalue weighted by molar-refractivity contribution is -0.380. The Labute approximate surface area is 145 Å². The van der Waals surface area contributed by atoms with Gasteiger partial charge in [0.1, 0.15) is 0 Å². The normalized spacial score (nSPS) is 11.2. The van der Waals surface area contributed by atoms with E-state index in [4.69, 9.17) is 0 Å². The summed E-state index contributed by atoms with van der Waals surface area (Å²) in [7, 11) is 0. The van der Waals surface area contributed by atoms with Crippen molar-refractivity contribution < 1.29 is 9.72 Å². The van der Waals surface area contributed by atoms with Crippen molar-refractivity contribution >= 4 is 55.1 Å². The van der Waals surface area contributed by atoms with Crippen LogP contribution in [0.15, 0.2) is 35.4 Å². The minimum absolute atomic E-state index is 0.0290. The van der Waals surface area contributed by atoms with E-state index in [1.54, 1.807) is 6.07 Å². The third-order valence-electron chi connectivity index (χ3n) is 3.11. The van der Waals surface area contributed by atoms with E-state index in [0.29, 0.717) is 10.0 Å². The number of aryl methyl sites for hydroxylation is 1. The summed E-state index contributed by atoms with van der Waals surface area (Å²) in [6.07, 6.45) is 1.43. The molecule has 0 spiro atoms. The first-order chi connectivity index (χ1) is 11.4. The number of carbonyl (C=O) groups is 1. The first-order valence-electron chi connectivity index (χ1n) is 6.90. The van der Waals surface area contributed by atoms with E-state index in [0.717, 1.165) is 27.1 Å². The smallest absolute Gasteiger partial charge is 0.273 e. The quantitative estimate of drug-likeness (QED) is 0.400. The van der Waals surface area contributed by atoms with Gasteiger partial charge < -0.3 is 0 Å². The lowest BCUT2D eigenvalue weighted by atomic mass is 10.2. The van der Waals surface area contributed by atoms with Crippen LogP contribution in [-0.2, 0) is 4.79 Å². The zero-order valence-electron chi connectivity index (χ0n) is 12.8. The molecule has 3 aromatic rings. The Balaban J connectivity index is 1.91. The molecule has 0 fully saturated rings. The maximum atomic E-state index is 11.9. The molecule has 0 aliphatic carbocycles.